The van der Waals surface area contributed by atoms with E-state index in [0.717, 1.165) is 4.41 Å². The van der Waals surface area contributed by atoms with Crippen molar-refractivity contribution in [2.45, 2.75) is 4.90 Å². The van der Waals surface area contributed by atoms with Crippen LogP contribution in [0.4, 0.5) is 10.1 Å². The summed E-state index contributed by atoms with van der Waals surface area (Å²) in [6.45, 7) is -0.544. The van der Waals surface area contributed by atoms with Gasteiger partial charge in [-0.1, -0.05) is 41.9 Å². The van der Waals surface area contributed by atoms with Gasteiger partial charge in [0.2, 0.25) is 5.91 Å². The van der Waals surface area contributed by atoms with Gasteiger partial charge < -0.3 is 5.32 Å². The highest BCUT2D eigenvalue weighted by atomic mass is 35.5. The zero-order valence-electron chi connectivity index (χ0n) is 15.4. The molecule has 1 N–H and O–H groups in total. The van der Waals surface area contributed by atoms with Crippen LogP contribution in [0.2, 0.25) is 5.02 Å². The minimum Gasteiger partial charge on any atom is -0.324 e. The summed E-state index contributed by atoms with van der Waals surface area (Å²) >= 11 is 6.09. The lowest BCUT2D eigenvalue weighted by atomic mass is 10.0. The number of sulfonamides is 1. The molecule has 1 aliphatic rings. The van der Waals surface area contributed by atoms with Crippen LogP contribution in [0.25, 0.3) is 0 Å². The van der Waals surface area contributed by atoms with Gasteiger partial charge in [0.1, 0.15) is 18.1 Å². The van der Waals surface area contributed by atoms with Crippen molar-refractivity contribution in [2.75, 3.05) is 11.9 Å². The van der Waals surface area contributed by atoms with Crippen molar-refractivity contribution in [3.8, 4) is 0 Å². The zero-order valence-corrected chi connectivity index (χ0v) is 17.0. The van der Waals surface area contributed by atoms with E-state index in [2.05, 4.69) is 10.4 Å². The molecule has 1 aliphatic heterocycles. The van der Waals surface area contributed by atoms with E-state index in [-0.39, 0.29) is 4.90 Å². The molecule has 0 radical (unpaired) electrons. The first kappa shape index (κ1) is 20.1. The molecule has 0 saturated heterocycles. The van der Waals surface area contributed by atoms with Gasteiger partial charge in [-0.15, -0.1) is 0 Å². The number of fused-ring (bicyclic) bond motifs is 1. The fourth-order valence-electron chi connectivity index (χ4n) is 3.03. The molecule has 4 rings (SSSR count). The number of anilines is 1. The third-order valence-corrected chi connectivity index (χ3v) is 6.33. The highest BCUT2D eigenvalue weighted by Crippen LogP contribution is 2.31. The van der Waals surface area contributed by atoms with E-state index in [0.29, 0.717) is 27.5 Å². The van der Waals surface area contributed by atoms with E-state index in [1.165, 1.54) is 42.5 Å². The molecule has 0 spiro atoms. The van der Waals surface area contributed by atoms with Crippen molar-refractivity contribution in [3.05, 3.63) is 94.8 Å². The number of nitrogens with one attached hydrogen (secondary N) is 1. The van der Waals surface area contributed by atoms with E-state index in [1.807, 2.05) is 6.07 Å². The van der Waals surface area contributed by atoms with E-state index >= 15 is 0 Å². The summed E-state index contributed by atoms with van der Waals surface area (Å²) in [5.41, 5.74) is 1.77. The first-order chi connectivity index (χ1) is 14.3. The molecule has 3 aromatic rings. The van der Waals surface area contributed by atoms with Crippen LogP contribution in [0.15, 0.2) is 82.8 Å². The molecule has 9 heteroatoms. The Morgan fingerprint density at radius 2 is 1.73 bits per heavy atom. The third-order valence-electron chi connectivity index (χ3n) is 4.42. The van der Waals surface area contributed by atoms with Gasteiger partial charge in [-0.3, -0.25) is 4.79 Å². The Hall–Kier alpha value is -3.23. The van der Waals surface area contributed by atoms with Crippen LogP contribution in [0, 0.1) is 5.82 Å². The van der Waals surface area contributed by atoms with Crippen molar-refractivity contribution in [1.82, 2.24) is 4.41 Å². The number of hydrogen-bond acceptors (Lipinski definition) is 4. The number of hydrazone groups is 1. The highest BCUT2D eigenvalue weighted by molar-refractivity contribution is 7.89. The number of amides is 1. The second-order valence-corrected chi connectivity index (χ2v) is 8.74. The second-order valence-electron chi connectivity index (χ2n) is 6.50. The van der Waals surface area contributed by atoms with Crippen molar-refractivity contribution in [1.29, 1.82) is 0 Å². The minimum absolute atomic E-state index is 0.00957. The average Bonchev–Trinajstić information content (AvgIpc) is 2.72. The first-order valence-corrected chi connectivity index (χ1v) is 10.7. The fourth-order valence-corrected chi connectivity index (χ4v) is 4.58. The normalized spacial score (nSPS) is 14.6. The summed E-state index contributed by atoms with van der Waals surface area (Å²) in [6, 6.07) is 18.6. The maximum atomic E-state index is 13.1. The molecule has 0 unspecified atom stereocenters. The number of hydrogen-bond donors (Lipinski definition) is 1. The van der Waals surface area contributed by atoms with Crippen molar-refractivity contribution in [2.24, 2.45) is 5.10 Å². The predicted molar refractivity (Wildman–Crippen MR) is 112 cm³/mol. The molecule has 3 aromatic carbocycles. The number of carbonyl (C=O) groups is 1. The minimum atomic E-state index is -4.07. The molecule has 0 aliphatic carbocycles. The van der Waals surface area contributed by atoms with Crippen LogP contribution in [0.3, 0.4) is 0 Å². The quantitative estimate of drug-likeness (QED) is 0.664. The van der Waals surface area contributed by atoms with Gasteiger partial charge in [-0.05, 0) is 42.5 Å². The summed E-state index contributed by atoms with van der Waals surface area (Å²) < 4.78 is 39.9. The summed E-state index contributed by atoms with van der Waals surface area (Å²) in [5, 5.41) is 7.18. The molecule has 0 atom stereocenters. The molecule has 1 amide bonds. The maximum absolute atomic E-state index is 13.1. The first-order valence-electron chi connectivity index (χ1n) is 8.87. The van der Waals surface area contributed by atoms with Crippen molar-refractivity contribution < 1.29 is 17.6 Å². The molecule has 0 fully saturated rings. The maximum Gasteiger partial charge on any atom is 0.280 e. The van der Waals surface area contributed by atoms with E-state index in [1.54, 1.807) is 24.3 Å². The summed E-state index contributed by atoms with van der Waals surface area (Å²) in [6.07, 6.45) is 0. The lowest BCUT2D eigenvalue weighted by Gasteiger charge is -2.27. The molecule has 30 heavy (non-hydrogen) atoms. The lowest BCUT2D eigenvalue weighted by Crippen LogP contribution is -2.38. The average molecular weight is 444 g/mol. The van der Waals surface area contributed by atoms with Gasteiger partial charge in [-0.25, -0.2) is 4.39 Å². The Morgan fingerprint density at radius 3 is 2.43 bits per heavy atom. The SMILES string of the molecule is O=C(CN1N=C(c2ccccc2)c2cc(Cl)ccc2S1(=O)=O)Nc1ccc(F)cc1. The number of rotatable bonds is 4. The molecular formula is C21H15ClFN3O3S. The Morgan fingerprint density at radius 1 is 1.03 bits per heavy atom. The van der Waals surface area contributed by atoms with Crippen LogP contribution < -0.4 is 5.32 Å². The van der Waals surface area contributed by atoms with Crippen LogP contribution >= 0.6 is 11.6 Å². The molecule has 0 bridgehead atoms. The Labute approximate surface area is 177 Å². The molecular weight excluding hydrogens is 429 g/mol. The molecule has 0 saturated carbocycles. The summed E-state index contributed by atoms with van der Waals surface area (Å²) in [5.74, 6) is -1.06. The molecule has 0 aromatic heterocycles. The Bertz CT molecular complexity index is 1250. The largest absolute Gasteiger partial charge is 0.324 e. The number of nitrogens with zero attached hydrogens (tertiary/aromatic N) is 2. The van der Waals surface area contributed by atoms with Crippen LogP contribution in [-0.2, 0) is 14.8 Å². The third kappa shape index (κ3) is 3.92. The van der Waals surface area contributed by atoms with Gasteiger partial charge in [0.25, 0.3) is 10.0 Å². The van der Waals surface area contributed by atoms with Crippen LogP contribution in [-0.4, -0.2) is 31.0 Å². The monoisotopic (exact) mass is 443 g/mol. The zero-order chi connectivity index (χ0) is 21.3. The smallest absolute Gasteiger partial charge is 0.280 e. The van der Waals surface area contributed by atoms with E-state index < -0.39 is 28.3 Å². The number of carbonyl (C=O) groups excluding carboxylic acids is 1. The summed E-state index contributed by atoms with van der Waals surface area (Å²) in [4.78, 5) is 12.5. The fraction of sp³-hybridized carbons (Fsp3) is 0.0476. The van der Waals surface area contributed by atoms with Gasteiger partial charge in [0, 0.05) is 21.8 Å². The van der Waals surface area contributed by atoms with Gasteiger partial charge in [0.15, 0.2) is 0 Å². The number of benzene rings is 3. The van der Waals surface area contributed by atoms with Crippen LogP contribution in [0.1, 0.15) is 11.1 Å². The van der Waals surface area contributed by atoms with Gasteiger partial charge in [-0.2, -0.15) is 17.9 Å². The Kier molecular flexibility index (Phi) is 5.27. The number of halogens is 2. The standard InChI is InChI=1S/C21H15ClFN3O3S/c22-15-6-11-19-18(12-15)21(14-4-2-1-3-5-14)25-26(30(19,28)29)13-20(27)24-17-9-7-16(23)8-10-17/h1-12H,13H2,(H,24,27). The van der Waals surface area contributed by atoms with E-state index in [9.17, 15) is 17.6 Å². The van der Waals surface area contributed by atoms with Gasteiger partial charge in [0.05, 0.1) is 4.90 Å². The lowest BCUT2D eigenvalue weighted by molar-refractivity contribution is -0.116. The molecule has 6 nitrogen and oxygen atoms in total. The summed E-state index contributed by atoms with van der Waals surface area (Å²) in [7, 11) is -4.07. The van der Waals surface area contributed by atoms with Crippen LogP contribution in [0.5, 0.6) is 0 Å². The van der Waals surface area contributed by atoms with E-state index in [4.69, 9.17) is 11.6 Å². The second kappa shape index (κ2) is 7.89. The predicted octanol–water partition coefficient (Wildman–Crippen LogP) is 3.87. The molecule has 152 valence electrons. The van der Waals surface area contributed by atoms with Gasteiger partial charge >= 0.3 is 0 Å². The topological polar surface area (TPSA) is 78.8 Å². The van der Waals surface area contributed by atoms with Crippen molar-refractivity contribution in [3.63, 3.8) is 0 Å². The van der Waals surface area contributed by atoms with Crippen molar-refractivity contribution >= 4 is 38.9 Å². The Balaban J connectivity index is 1.71. The highest BCUT2D eigenvalue weighted by Gasteiger charge is 2.34. The molecule has 1 heterocycles.